The van der Waals surface area contributed by atoms with E-state index in [1.54, 1.807) is 0 Å². The molecule has 3 heterocycles. The van der Waals surface area contributed by atoms with Gasteiger partial charge in [-0.3, -0.25) is 20.3 Å². The van der Waals surface area contributed by atoms with Gasteiger partial charge in [-0.15, -0.1) is 0 Å². The van der Waals surface area contributed by atoms with Gasteiger partial charge in [0, 0.05) is 45.1 Å². The summed E-state index contributed by atoms with van der Waals surface area (Å²) in [5.41, 5.74) is 10.4. The molecule has 0 atom stereocenters. The van der Waals surface area contributed by atoms with Gasteiger partial charge in [0.15, 0.2) is 5.96 Å². The molecule has 2 aromatic rings. The second-order valence-electron chi connectivity index (χ2n) is 7.52. The number of guanidine groups is 1. The molecule has 1 aliphatic heterocycles. The Balaban J connectivity index is 1.71. The fourth-order valence-corrected chi connectivity index (χ4v) is 3.70. The maximum atomic E-state index is 7.62. The summed E-state index contributed by atoms with van der Waals surface area (Å²) in [5.74, 6) is 0.798. The van der Waals surface area contributed by atoms with E-state index in [0.717, 1.165) is 57.0 Å². The third kappa shape index (κ3) is 5.26. The molecule has 1 saturated heterocycles. The average molecular weight is 367 g/mol. The van der Waals surface area contributed by atoms with Gasteiger partial charge < -0.3 is 10.6 Å². The number of pyridine rings is 2. The van der Waals surface area contributed by atoms with Crippen LogP contribution < -0.4 is 5.73 Å². The molecule has 6 nitrogen and oxygen atoms in total. The van der Waals surface area contributed by atoms with Gasteiger partial charge in [0.05, 0.1) is 11.4 Å². The number of nitrogens with one attached hydrogen (secondary N) is 1. The maximum Gasteiger partial charge on any atom is 0.188 e. The minimum atomic E-state index is 0.193. The van der Waals surface area contributed by atoms with E-state index < -0.39 is 0 Å². The van der Waals surface area contributed by atoms with E-state index in [4.69, 9.17) is 11.1 Å². The van der Waals surface area contributed by atoms with Crippen molar-refractivity contribution in [2.24, 2.45) is 11.7 Å². The van der Waals surface area contributed by atoms with Gasteiger partial charge in [0.2, 0.25) is 0 Å². The van der Waals surface area contributed by atoms with Gasteiger partial charge in [-0.05, 0) is 55.9 Å². The van der Waals surface area contributed by atoms with Crippen molar-refractivity contribution in [1.29, 1.82) is 5.41 Å². The summed E-state index contributed by atoms with van der Waals surface area (Å²) in [4.78, 5) is 13.6. The number of nitrogens with two attached hydrogens (primary N) is 1. The molecule has 0 aliphatic carbocycles. The van der Waals surface area contributed by atoms with Crippen LogP contribution in [-0.4, -0.2) is 45.4 Å². The predicted molar refractivity (Wildman–Crippen MR) is 108 cm³/mol. The van der Waals surface area contributed by atoms with Crippen LogP contribution in [0.5, 0.6) is 0 Å². The summed E-state index contributed by atoms with van der Waals surface area (Å²) >= 11 is 0. The van der Waals surface area contributed by atoms with Crippen LogP contribution in [0.4, 0.5) is 0 Å². The zero-order valence-corrected chi connectivity index (χ0v) is 16.4. The monoisotopic (exact) mass is 366 g/mol. The SMILES string of the molecule is Cc1cccnc1CN(Cc1ncccc1C)CC1CCN(C(=N)N)CC1. The molecule has 0 aromatic carbocycles. The topological polar surface area (TPSA) is 82.1 Å². The van der Waals surface area contributed by atoms with E-state index in [2.05, 4.69) is 40.8 Å². The minimum absolute atomic E-state index is 0.193. The summed E-state index contributed by atoms with van der Waals surface area (Å²) in [6.07, 6.45) is 5.88. The van der Waals surface area contributed by atoms with Crippen molar-refractivity contribution in [3.8, 4) is 0 Å². The normalized spacial score (nSPS) is 15.3. The molecule has 0 amide bonds. The maximum absolute atomic E-state index is 7.62. The highest BCUT2D eigenvalue weighted by Crippen LogP contribution is 2.21. The molecule has 0 unspecified atom stereocenters. The molecule has 144 valence electrons. The van der Waals surface area contributed by atoms with Crippen molar-refractivity contribution in [1.82, 2.24) is 19.8 Å². The first-order valence-corrected chi connectivity index (χ1v) is 9.65. The van der Waals surface area contributed by atoms with Crippen molar-refractivity contribution in [3.05, 3.63) is 59.2 Å². The van der Waals surface area contributed by atoms with Crippen molar-refractivity contribution in [2.45, 2.75) is 39.8 Å². The van der Waals surface area contributed by atoms with Crippen molar-refractivity contribution >= 4 is 5.96 Å². The predicted octanol–water partition coefficient (Wildman–Crippen LogP) is 2.70. The molecule has 6 heteroatoms. The molecule has 1 aliphatic rings. The van der Waals surface area contributed by atoms with Crippen LogP contribution in [0.25, 0.3) is 0 Å². The van der Waals surface area contributed by atoms with Gasteiger partial charge in [-0.1, -0.05) is 12.1 Å². The highest BCUT2D eigenvalue weighted by Gasteiger charge is 2.23. The molecule has 0 bridgehead atoms. The highest BCUT2D eigenvalue weighted by atomic mass is 15.2. The van der Waals surface area contributed by atoms with Gasteiger partial charge in [0.1, 0.15) is 0 Å². The Morgan fingerprint density at radius 2 is 1.59 bits per heavy atom. The van der Waals surface area contributed by atoms with Crippen molar-refractivity contribution in [3.63, 3.8) is 0 Å². The third-order valence-corrected chi connectivity index (χ3v) is 5.45. The third-order valence-electron chi connectivity index (χ3n) is 5.45. The first-order chi connectivity index (χ1) is 13.0. The molecule has 0 radical (unpaired) electrons. The fraction of sp³-hybridized carbons (Fsp3) is 0.476. The van der Waals surface area contributed by atoms with Gasteiger partial charge in [-0.2, -0.15) is 0 Å². The number of nitrogens with zero attached hydrogens (tertiary/aromatic N) is 4. The van der Waals surface area contributed by atoms with E-state index >= 15 is 0 Å². The van der Waals surface area contributed by atoms with E-state index in [9.17, 15) is 0 Å². The number of rotatable bonds is 6. The van der Waals surface area contributed by atoms with Crippen LogP contribution in [0.3, 0.4) is 0 Å². The Morgan fingerprint density at radius 1 is 1.07 bits per heavy atom. The molecule has 0 saturated carbocycles. The molecule has 1 fully saturated rings. The van der Waals surface area contributed by atoms with Gasteiger partial charge in [0.25, 0.3) is 0 Å². The second-order valence-corrected chi connectivity index (χ2v) is 7.52. The molecular weight excluding hydrogens is 336 g/mol. The van der Waals surface area contributed by atoms with E-state index in [-0.39, 0.29) is 5.96 Å². The first-order valence-electron chi connectivity index (χ1n) is 9.65. The smallest absolute Gasteiger partial charge is 0.188 e. The number of hydrogen-bond acceptors (Lipinski definition) is 4. The lowest BCUT2D eigenvalue weighted by atomic mass is 9.96. The van der Waals surface area contributed by atoms with E-state index in [0.29, 0.717) is 5.92 Å². The second kappa shape index (κ2) is 8.95. The van der Waals surface area contributed by atoms with Crippen LogP contribution in [0, 0.1) is 25.2 Å². The average Bonchev–Trinajstić information content (AvgIpc) is 2.66. The summed E-state index contributed by atoms with van der Waals surface area (Å²) in [6.45, 7) is 8.66. The molecule has 0 spiro atoms. The van der Waals surface area contributed by atoms with Crippen LogP contribution in [0.1, 0.15) is 35.4 Å². The molecule has 3 rings (SSSR count). The number of aromatic nitrogens is 2. The molecule has 3 N–H and O–H groups in total. The summed E-state index contributed by atoms with van der Waals surface area (Å²) in [7, 11) is 0. The number of piperidine rings is 1. The summed E-state index contributed by atoms with van der Waals surface area (Å²) in [5, 5.41) is 7.62. The Labute approximate surface area is 161 Å². The number of hydrogen-bond donors (Lipinski definition) is 2. The van der Waals surface area contributed by atoms with Crippen LogP contribution in [-0.2, 0) is 13.1 Å². The van der Waals surface area contributed by atoms with Gasteiger partial charge >= 0.3 is 0 Å². The van der Waals surface area contributed by atoms with Crippen LogP contribution in [0.15, 0.2) is 36.7 Å². The molecular formula is C21H30N6. The van der Waals surface area contributed by atoms with Crippen LogP contribution >= 0.6 is 0 Å². The largest absolute Gasteiger partial charge is 0.370 e. The zero-order valence-electron chi connectivity index (χ0n) is 16.4. The Bertz CT molecular complexity index is 719. The Morgan fingerprint density at radius 3 is 2.04 bits per heavy atom. The number of likely N-dealkylation sites (tertiary alicyclic amines) is 1. The fourth-order valence-electron chi connectivity index (χ4n) is 3.70. The van der Waals surface area contributed by atoms with Crippen molar-refractivity contribution in [2.75, 3.05) is 19.6 Å². The minimum Gasteiger partial charge on any atom is -0.370 e. The van der Waals surface area contributed by atoms with Gasteiger partial charge in [-0.25, -0.2) is 0 Å². The summed E-state index contributed by atoms with van der Waals surface area (Å²) in [6, 6.07) is 8.23. The van der Waals surface area contributed by atoms with Crippen molar-refractivity contribution < 1.29 is 0 Å². The standard InChI is InChI=1S/C21H30N6/c1-16-5-3-9-24-19(16)14-26(15-20-17(2)6-4-10-25-20)13-18-7-11-27(12-8-18)21(22)23/h3-6,9-10,18H,7-8,11-15H2,1-2H3,(H3,22,23). The zero-order chi connectivity index (χ0) is 19.2. The lowest BCUT2D eigenvalue weighted by molar-refractivity contribution is 0.164. The highest BCUT2D eigenvalue weighted by molar-refractivity contribution is 5.74. The lowest BCUT2D eigenvalue weighted by Crippen LogP contribution is -2.44. The Kier molecular flexibility index (Phi) is 6.40. The van der Waals surface area contributed by atoms with E-state index in [1.807, 2.05) is 29.4 Å². The lowest BCUT2D eigenvalue weighted by Gasteiger charge is -2.35. The number of aryl methyl sites for hydroxylation is 2. The molecule has 2 aromatic heterocycles. The molecule has 27 heavy (non-hydrogen) atoms. The Hall–Kier alpha value is -2.47. The first kappa shape index (κ1) is 19.3. The quantitative estimate of drug-likeness (QED) is 0.607. The summed E-state index contributed by atoms with van der Waals surface area (Å²) < 4.78 is 0. The van der Waals surface area contributed by atoms with Crippen LogP contribution in [0.2, 0.25) is 0 Å². The van der Waals surface area contributed by atoms with E-state index in [1.165, 1.54) is 11.1 Å².